The van der Waals surface area contributed by atoms with Crippen LogP contribution in [0.25, 0.3) is 0 Å². The second kappa shape index (κ2) is 10.6. The van der Waals surface area contributed by atoms with Gasteiger partial charge in [0.1, 0.15) is 0 Å². The largest absolute Gasteiger partial charge is 0.326 e. The Bertz CT molecular complexity index is 835. The lowest BCUT2D eigenvalue weighted by molar-refractivity contribution is -0.115. The molecule has 2 aromatic rings. The van der Waals surface area contributed by atoms with E-state index in [1.54, 1.807) is 12.1 Å². The first-order chi connectivity index (χ1) is 12.9. The van der Waals surface area contributed by atoms with Crippen molar-refractivity contribution in [1.29, 1.82) is 0 Å². The summed E-state index contributed by atoms with van der Waals surface area (Å²) < 4.78 is 28.1. The lowest BCUT2D eigenvalue weighted by Crippen LogP contribution is -2.24. The number of unbranched alkanes of at least 4 members (excludes halogenated alkanes) is 3. The van der Waals surface area contributed by atoms with Crippen molar-refractivity contribution in [2.45, 2.75) is 43.9 Å². The molecule has 5 nitrogen and oxygen atoms in total. The van der Waals surface area contributed by atoms with Gasteiger partial charge in [-0.3, -0.25) is 4.79 Å². The molecule has 0 heterocycles. The van der Waals surface area contributed by atoms with Crippen LogP contribution < -0.4 is 10.0 Å². The van der Waals surface area contributed by atoms with Gasteiger partial charge in [0.25, 0.3) is 0 Å². The van der Waals surface area contributed by atoms with Gasteiger partial charge in [0.05, 0.1) is 11.3 Å². The number of amides is 1. The Balaban J connectivity index is 1.88. The predicted octanol–water partition coefficient (Wildman–Crippen LogP) is 4.49. The molecule has 0 fully saturated rings. The van der Waals surface area contributed by atoms with Gasteiger partial charge in [-0.1, -0.05) is 54.2 Å². The molecule has 0 unspecified atom stereocenters. The Morgan fingerprint density at radius 3 is 2.26 bits per heavy atom. The summed E-state index contributed by atoms with van der Waals surface area (Å²) in [6.45, 7) is 2.55. The van der Waals surface area contributed by atoms with E-state index in [1.165, 1.54) is 12.1 Å². The fourth-order valence-corrected chi connectivity index (χ4v) is 3.89. The average molecular weight is 453 g/mol. The molecule has 2 N–H and O–H groups in total. The monoisotopic (exact) mass is 452 g/mol. The van der Waals surface area contributed by atoms with Gasteiger partial charge in [-0.25, -0.2) is 13.1 Å². The minimum absolute atomic E-state index is 0.151. The zero-order valence-electron chi connectivity index (χ0n) is 15.4. The molecule has 0 atom stereocenters. The second-order valence-electron chi connectivity index (χ2n) is 6.33. The Kier molecular flexibility index (Phi) is 8.47. The molecule has 0 saturated heterocycles. The van der Waals surface area contributed by atoms with Crippen molar-refractivity contribution >= 4 is 37.5 Å². The minimum atomic E-state index is -3.51. The lowest BCUT2D eigenvalue weighted by atomic mass is 10.1. The Labute approximate surface area is 169 Å². The van der Waals surface area contributed by atoms with Crippen LogP contribution in [0, 0.1) is 0 Å². The summed E-state index contributed by atoms with van der Waals surface area (Å²) in [6.07, 6.45) is 4.32. The molecule has 2 rings (SSSR count). The van der Waals surface area contributed by atoms with E-state index in [0.29, 0.717) is 12.2 Å². The van der Waals surface area contributed by atoms with Gasteiger partial charge in [-0.05, 0) is 48.4 Å². The van der Waals surface area contributed by atoms with Crippen molar-refractivity contribution in [3.8, 4) is 0 Å². The molecular formula is C20H25BrN2O3S. The van der Waals surface area contributed by atoms with Crippen LogP contribution in [0.3, 0.4) is 0 Å². The molecule has 0 bridgehead atoms. The molecule has 2 aromatic carbocycles. The maximum atomic E-state index is 12.3. The topological polar surface area (TPSA) is 75.3 Å². The number of nitrogens with one attached hydrogen (secondary N) is 2. The van der Waals surface area contributed by atoms with Gasteiger partial charge in [-0.15, -0.1) is 0 Å². The SMILES string of the molecule is CCCCCCNS(=O)(=O)c1ccc(NC(=O)Cc2ccc(Br)cc2)cc1. The first kappa shape index (κ1) is 21.6. The number of anilines is 1. The number of sulfonamides is 1. The molecule has 0 aromatic heterocycles. The van der Waals surface area contributed by atoms with Gasteiger partial charge in [0.2, 0.25) is 15.9 Å². The van der Waals surface area contributed by atoms with Crippen molar-refractivity contribution in [3.63, 3.8) is 0 Å². The molecule has 0 aliphatic rings. The van der Waals surface area contributed by atoms with E-state index in [9.17, 15) is 13.2 Å². The van der Waals surface area contributed by atoms with Crippen LogP contribution in [0.5, 0.6) is 0 Å². The van der Waals surface area contributed by atoms with E-state index >= 15 is 0 Å². The van der Waals surface area contributed by atoms with Gasteiger partial charge < -0.3 is 5.32 Å². The summed E-state index contributed by atoms with van der Waals surface area (Å²) in [5, 5.41) is 2.78. The van der Waals surface area contributed by atoms with E-state index in [1.807, 2.05) is 24.3 Å². The molecule has 7 heteroatoms. The molecule has 146 valence electrons. The van der Waals surface area contributed by atoms with Crippen LogP contribution in [-0.4, -0.2) is 20.9 Å². The Hall–Kier alpha value is -1.70. The van der Waals surface area contributed by atoms with Gasteiger partial charge in [0.15, 0.2) is 0 Å². The third kappa shape index (κ3) is 7.44. The zero-order valence-corrected chi connectivity index (χ0v) is 17.8. The van der Waals surface area contributed by atoms with Crippen molar-refractivity contribution < 1.29 is 13.2 Å². The number of hydrogen-bond donors (Lipinski definition) is 2. The van der Waals surface area contributed by atoms with Gasteiger partial charge in [0, 0.05) is 16.7 Å². The normalized spacial score (nSPS) is 11.3. The Morgan fingerprint density at radius 2 is 1.63 bits per heavy atom. The highest BCUT2D eigenvalue weighted by Gasteiger charge is 2.13. The van der Waals surface area contributed by atoms with Crippen LogP contribution in [-0.2, 0) is 21.2 Å². The van der Waals surface area contributed by atoms with Crippen molar-refractivity contribution in [2.75, 3.05) is 11.9 Å². The highest BCUT2D eigenvalue weighted by molar-refractivity contribution is 9.10. The number of hydrogen-bond acceptors (Lipinski definition) is 3. The summed E-state index contributed by atoms with van der Waals surface area (Å²) in [5.41, 5.74) is 1.47. The molecule has 0 saturated carbocycles. The van der Waals surface area contributed by atoms with E-state index < -0.39 is 10.0 Å². The van der Waals surface area contributed by atoms with Crippen LogP contribution in [0.15, 0.2) is 57.9 Å². The van der Waals surface area contributed by atoms with Crippen molar-refractivity contribution in [3.05, 3.63) is 58.6 Å². The molecule has 0 radical (unpaired) electrons. The quantitative estimate of drug-likeness (QED) is 0.521. The van der Waals surface area contributed by atoms with Crippen LogP contribution in [0.2, 0.25) is 0 Å². The molecule has 1 amide bonds. The summed E-state index contributed by atoms with van der Waals surface area (Å²) in [7, 11) is -3.51. The summed E-state index contributed by atoms with van der Waals surface area (Å²) in [4.78, 5) is 12.3. The molecule has 0 spiro atoms. The highest BCUT2D eigenvalue weighted by Crippen LogP contribution is 2.15. The van der Waals surface area contributed by atoms with Crippen LogP contribution in [0.4, 0.5) is 5.69 Å². The van der Waals surface area contributed by atoms with Crippen LogP contribution >= 0.6 is 15.9 Å². The number of benzene rings is 2. The van der Waals surface area contributed by atoms with Gasteiger partial charge in [-0.2, -0.15) is 0 Å². The van der Waals surface area contributed by atoms with E-state index in [2.05, 4.69) is 32.9 Å². The van der Waals surface area contributed by atoms with E-state index in [-0.39, 0.29) is 17.2 Å². The molecule has 0 aliphatic carbocycles. The van der Waals surface area contributed by atoms with E-state index in [0.717, 1.165) is 35.7 Å². The second-order valence-corrected chi connectivity index (χ2v) is 9.02. The third-order valence-electron chi connectivity index (χ3n) is 4.05. The van der Waals surface area contributed by atoms with Crippen LogP contribution in [0.1, 0.15) is 38.2 Å². The third-order valence-corrected chi connectivity index (χ3v) is 6.05. The van der Waals surface area contributed by atoms with Crippen molar-refractivity contribution in [2.24, 2.45) is 0 Å². The number of rotatable bonds is 10. The summed E-state index contributed by atoms with van der Waals surface area (Å²) in [6, 6.07) is 13.7. The standard InChI is InChI=1S/C20H25BrN2O3S/c1-2-3-4-5-14-22-27(25,26)19-12-10-18(11-13-19)23-20(24)15-16-6-8-17(21)9-7-16/h6-13,22H,2-5,14-15H2,1H3,(H,23,24). The van der Waals surface area contributed by atoms with Gasteiger partial charge >= 0.3 is 0 Å². The zero-order chi connectivity index (χ0) is 19.7. The average Bonchev–Trinajstić information content (AvgIpc) is 2.64. The fraction of sp³-hybridized carbons (Fsp3) is 0.350. The summed E-state index contributed by atoms with van der Waals surface area (Å²) >= 11 is 3.36. The molecular weight excluding hydrogens is 428 g/mol. The summed E-state index contributed by atoms with van der Waals surface area (Å²) in [5.74, 6) is -0.151. The Morgan fingerprint density at radius 1 is 0.963 bits per heavy atom. The minimum Gasteiger partial charge on any atom is -0.326 e. The first-order valence-electron chi connectivity index (χ1n) is 9.05. The van der Waals surface area contributed by atoms with Crippen molar-refractivity contribution in [1.82, 2.24) is 4.72 Å². The predicted molar refractivity (Wildman–Crippen MR) is 112 cm³/mol. The molecule has 27 heavy (non-hydrogen) atoms. The first-order valence-corrected chi connectivity index (χ1v) is 11.3. The lowest BCUT2D eigenvalue weighted by Gasteiger charge is -2.09. The fourth-order valence-electron chi connectivity index (χ4n) is 2.55. The van der Waals surface area contributed by atoms with E-state index in [4.69, 9.17) is 0 Å². The number of carbonyl (C=O) groups is 1. The smallest absolute Gasteiger partial charge is 0.240 e. The molecule has 0 aliphatic heterocycles. The maximum Gasteiger partial charge on any atom is 0.240 e. The highest BCUT2D eigenvalue weighted by atomic mass is 79.9. The maximum absolute atomic E-state index is 12.3. The number of carbonyl (C=O) groups excluding carboxylic acids is 1. The number of halogens is 1.